The van der Waals surface area contributed by atoms with Crippen LogP contribution in [0.15, 0.2) is 24.3 Å². The number of amides is 1. The van der Waals surface area contributed by atoms with Gasteiger partial charge in [0.25, 0.3) is 0 Å². The molecule has 1 aliphatic carbocycles. The van der Waals surface area contributed by atoms with Gasteiger partial charge in [0.1, 0.15) is 5.75 Å². The van der Waals surface area contributed by atoms with Crippen molar-refractivity contribution < 1.29 is 9.53 Å². The molecule has 0 bridgehead atoms. The van der Waals surface area contributed by atoms with E-state index in [9.17, 15) is 4.79 Å². The molecule has 2 aliphatic rings. The summed E-state index contributed by atoms with van der Waals surface area (Å²) >= 11 is 0. The Morgan fingerprint density at radius 2 is 1.81 bits per heavy atom. The maximum absolute atomic E-state index is 12.8. The van der Waals surface area contributed by atoms with Crippen LogP contribution in [-0.2, 0) is 4.79 Å². The molecule has 0 radical (unpaired) electrons. The van der Waals surface area contributed by atoms with Crippen LogP contribution in [0, 0.1) is 5.92 Å². The summed E-state index contributed by atoms with van der Waals surface area (Å²) in [5, 5.41) is 0. The Bertz CT molecular complexity index is 578. The molecule has 0 aromatic heterocycles. The first-order valence-corrected chi connectivity index (χ1v) is 10.2. The van der Waals surface area contributed by atoms with Gasteiger partial charge in [0, 0.05) is 31.5 Å². The lowest BCUT2D eigenvalue weighted by atomic mass is 9.86. The first-order chi connectivity index (χ1) is 12.6. The fourth-order valence-corrected chi connectivity index (χ4v) is 4.65. The average Bonchev–Trinajstić information content (AvgIpc) is 3.13. The van der Waals surface area contributed by atoms with Gasteiger partial charge in [0.2, 0.25) is 5.91 Å². The monoisotopic (exact) mass is 358 g/mol. The predicted molar refractivity (Wildman–Crippen MR) is 106 cm³/mol. The number of benzene rings is 1. The number of nitrogens with zero attached hydrogens (tertiary/aromatic N) is 2. The zero-order valence-electron chi connectivity index (χ0n) is 16.6. The van der Waals surface area contributed by atoms with E-state index in [0.29, 0.717) is 17.9 Å². The van der Waals surface area contributed by atoms with Crippen molar-refractivity contribution >= 4 is 5.91 Å². The number of hydrogen-bond donors (Lipinski definition) is 0. The maximum Gasteiger partial charge on any atom is 0.222 e. The van der Waals surface area contributed by atoms with E-state index in [0.717, 1.165) is 37.6 Å². The van der Waals surface area contributed by atoms with E-state index < -0.39 is 0 Å². The Labute approximate surface area is 158 Å². The highest BCUT2D eigenvalue weighted by molar-refractivity contribution is 5.76. The third kappa shape index (κ3) is 4.59. The number of ether oxygens (including phenoxy) is 1. The number of methoxy groups -OCH3 is 1. The molecule has 1 saturated heterocycles. The SMILES string of the molecule is COc1ccc(C2CN(C(=O)CCC3CCCCC3)CC2N(C)C)cc1. The molecular weight excluding hydrogens is 324 g/mol. The molecular formula is C22H34N2O2. The maximum atomic E-state index is 12.8. The van der Waals surface area contributed by atoms with Crippen LogP contribution >= 0.6 is 0 Å². The van der Waals surface area contributed by atoms with Gasteiger partial charge < -0.3 is 14.5 Å². The molecule has 2 fully saturated rings. The number of carbonyl (C=O) groups is 1. The van der Waals surface area contributed by atoms with Crippen LogP contribution in [0.25, 0.3) is 0 Å². The fourth-order valence-electron chi connectivity index (χ4n) is 4.65. The smallest absolute Gasteiger partial charge is 0.222 e. The zero-order valence-corrected chi connectivity index (χ0v) is 16.6. The zero-order chi connectivity index (χ0) is 18.5. The number of carbonyl (C=O) groups excluding carboxylic acids is 1. The minimum atomic E-state index is 0.346. The second kappa shape index (κ2) is 8.90. The number of rotatable bonds is 6. The summed E-state index contributed by atoms with van der Waals surface area (Å²) < 4.78 is 5.28. The van der Waals surface area contributed by atoms with Crippen molar-refractivity contribution in [2.24, 2.45) is 5.92 Å². The van der Waals surface area contributed by atoms with Crippen molar-refractivity contribution in [2.75, 3.05) is 34.3 Å². The second-order valence-electron chi connectivity index (χ2n) is 8.25. The van der Waals surface area contributed by atoms with Gasteiger partial charge in [-0.3, -0.25) is 4.79 Å². The van der Waals surface area contributed by atoms with Crippen molar-refractivity contribution in [3.63, 3.8) is 0 Å². The molecule has 0 spiro atoms. The molecule has 4 heteroatoms. The van der Waals surface area contributed by atoms with E-state index >= 15 is 0 Å². The highest BCUT2D eigenvalue weighted by atomic mass is 16.5. The van der Waals surface area contributed by atoms with Crippen molar-refractivity contribution in [2.45, 2.75) is 56.9 Å². The molecule has 4 nitrogen and oxygen atoms in total. The Hall–Kier alpha value is -1.55. The third-order valence-electron chi connectivity index (χ3n) is 6.34. The van der Waals surface area contributed by atoms with Gasteiger partial charge in [-0.1, -0.05) is 44.2 Å². The Morgan fingerprint density at radius 3 is 2.42 bits per heavy atom. The molecule has 2 atom stereocenters. The first kappa shape index (κ1) is 19.2. The summed E-state index contributed by atoms with van der Waals surface area (Å²) in [5.74, 6) is 2.37. The van der Waals surface area contributed by atoms with E-state index in [1.807, 2.05) is 12.1 Å². The predicted octanol–water partition coefficient (Wildman–Crippen LogP) is 3.91. The average molecular weight is 359 g/mol. The van der Waals surface area contributed by atoms with E-state index in [1.165, 1.54) is 37.7 Å². The van der Waals surface area contributed by atoms with Crippen LogP contribution in [0.4, 0.5) is 0 Å². The van der Waals surface area contributed by atoms with Gasteiger partial charge in [-0.25, -0.2) is 0 Å². The van der Waals surface area contributed by atoms with Gasteiger partial charge in [-0.05, 0) is 44.1 Å². The van der Waals surface area contributed by atoms with Crippen molar-refractivity contribution in [1.82, 2.24) is 9.80 Å². The normalized spacial score (nSPS) is 24.2. The molecule has 26 heavy (non-hydrogen) atoms. The summed E-state index contributed by atoms with van der Waals surface area (Å²) in [4.78, 5) is 17.2. The van der Waals surface area contributed by atoms with Crippen LogP contribution in [0.5, 0.6) is 5.75 Å². The van der Waals surface area contributed by atoms with Crippen molar-refractivity contribution in [3.8, 4) is 5.75 Å². The topological polar surface area (TPSA) is 32.8 Å². The lowest BCUT2D eigenvalue weighted by Crippen LogP contribution is -2.35. The van der Waals surface area contributed by atoms with E-state index in [2.05, 4.69) is 36.0 Å². The second-order valence-corrected chi connectivity index (χ2v) is 8.25. The Morgan fingerprint density at radius 1 is 1.12 bits per heavy atom. The molecule has 1 aromatic carbocycles. The van der Waals surface area contributed by atoms with Gasteiger partial charge >= 0.3 is 0 Å². The van der Waals surface area contributed by atoms with Gasteiger partial charge in [0.15, 0.2) is 0 Å². The molecule has 144 valence electrons. The molecule has 0 N–H and O–H groups in total. The molecule has 3 rings (SSSR count). The van der Waals surface area contributed by atoms with Crippen LogP contribution in [0.1, 0.15) is 56.4 Å². The molecule has 1 aliphatic heterocycles. The molecule has 1 amide bonds. The number of likely N-dealkylation sites (N-methyl/N-ethyl adjacent to an activating group) is 1. The first-order valence-electron chi connectivity index (χ1n) is 10.2. The van der Waals surface area contributed by atoms with Crippen molar-refractivity contribution in [3.05, 3.63) is 29.8 Å². The van der Waals surface area contributed by atoms with Crippen LogP contribution < -0.4 is 4.74 Å². The molecule has 1 saturated carbocycles. The quantitative estimate of drug-likeness (QED) is 0.773. The lowest BCUT2D eigenvalue weighted by molar-refractivity contribution is -0.130. The lowest BCUT2D eigenvalue weighted by Gasteiger charge is -2.25. The Balaban J connectivity index is 1.61. The van der Waals surface area contributed by atoms with E-state index in [1.54, 1.807) is 7.11 Å². The highest BCUT2D eigenvalue weighted by Gasteiger charge is 2.37. The van der Waals surface area contributed by atoms with Crippen LogP contribution in [0.2, 0.25) is 0 Å². The molecule has 1 heterocycles. The number of hydrogen-bond acceptors (Lipinski definition) is 3. The van der Waals surface area contributed by atoms with Gasteiger partial charge in [-0.15, -0.1) is 0 Å². The summed E-state index contributed by atoms with van der Waals surface area (Å²) in [7, 11) is 5.94. The molecule has 2 unspecified atom stereocenters. The summed E-state index contributed by atoms with van der Waals surface area (Å²) in [6, 6.07) is 8.72. The third-order valence-corrected chi connectivity index (χ3v) is 6.34. The van der Waals surface area contributed by atoms with Crippen LogP contribution in [0.3, 0.4) is 0 Å². The summed E-state index contributed by atoms with van der Waals surface area (Å²) in [5.41, 5.74) is 1.30. The minimum Gasteiger partial charge on any atom is -0.497 e. The van der Waals surface area contributed by atoms with Crippen molar-refractivity contribution in [1.29, 1.82) is 0 Å². The standard InChI is InChI=1S/C22H34N2O2/c1-23(2)21-16-24(22(25)14-9-17-7-5-4-6-8-17)15-20(21)18-10-12-19(26-3)13-11-18/h10-13,17,20-21H,4-9,14-16H2,1-3H3. The van der Waals surface area contributed by atoms with E-state index in [-0.39, 0.29) is 0 Å². The Kier molecular flexibility index (Phi) is 6.58. The van der Waals surface area contributed by atoms with Gasteiger partial charge in [0.05, 0.1) is 7.11 Å². The minimum absolute atomic E-state index is 0.346. The molecule has 1 aromatic rings. The van der Waals surface area contributed by atoms with Crippen LogP contribution in [-0.4, -0.2) is 56.0 Å². The largest absolute Gasteiger partial charge is 0.497 e. The summed E-state index contributed by atoms with van der Waals surface area (Å²) in [6.07, 6.45) is 8.53. The highest BCUT2D eigenvalue weighted by Crippen LogP contribution is 2.33. The van der Waals surface area contributed by atoms with Gasteiger partial charge in [-0.2, -0.15) is 0 Å². The number of likely N-dealkylation sites (tertiary alicyclic amines) is 1. The fraction of sp³-hybridized carbons (Fsp3) is 0.682. The summed E-state index contributed by atoms with van der Waals surface area (Å²) in [6.45, 7) is 1.67. The van der Waals surface area contributed by atoms with E-state index in [4.69, 9.17) is 4.74 Å².